The van der Waals surface area contributed by atoms with Crippen molar-refractivity contribution in [1.29, 1.82) is 0 Å². The smallest absolute Gasteiger partial charge is 0.271 e. The summed E-state index contributed by atoms with van der Waals surface area (Å²) in [7, 11) is 0. The number of nitrogens with two attached hydrogens (primary N) is 1. The van der Waals surface area contributed by atoms with Crippen molar-refractivity contribution in [3.8, 4) is 0 Å². The van der Waals surface area contributed by atoms with Crippen molar-refractivity contribution in [2.75, 3.05) is 6.54 Å². The lowest BCUT2D eigenvalue weighted by molar-refractivity contribution is -0.129. The van der Waals surface area contributed by atoms with Gasteiger partial charge in [0.15, 0.2) is 5.01 Å². The van der Waals surface area contributed by atoms with Gasteiger partial charge in [-0.15, -0.1) is 11.3 Å². The van der Waals surface area contributed by atoms with E-state index in [1.54, 1.807) is 5.48 Å². The fourth-order valence-electron chi connectivity index (χ4n) is 2.50. The van der Waals surface area contributed by atoms with Gasteiger partial charge in [-0.05, 0) is 31.6 Å². The second kappa shape index (κ2) is 9.79. The first kappa shape index (κ1) is 19.7. The van der Waals surface area contributed by atoms with Gasteiger partial charge in [-0.25, -0.2) is 10.5 Å². The highest BCUT2D eigenvalue weighted by Gasteiger charge is 2.32. The summed E-state index contributed by atoms with van der Waals surface area (Å²) in [5, 5.41) is 11.9. The molecule has 5 N–H and O–H groups in total. The summed E-state index contributed by atoms with van der Waals surface area (Å²) in [6.45, 7) is 0.597. The minimum Gasteiger partial charge on any atom is -0.387 e. The quantitative estimate of drug-likeness (QED) is 0.201. The molecule has 1 aliphatic rings. The van der Waals surface area contributed by atoms with Gasteiger partial charge in [-0.2, -0.15) is 0 Å². The third-order valence-electron chi connectivity index (χ3n) is 4.02. The minimum atomic E-state index is -0.349. The maximum Gasteiger partial charge on any atom is 0.271 e. The number of aromatic nitrogens is 1. The van der Waals surface area contributed by atoms with E-state index in [2.05, 4.69) is 10.3 Å². The SMILES string of the molecule is NC(=S)c1nc(C(=O)NCCCCCCCC(=O)NO)c(C2CC2)s1. The molecule has 2 rings (SSSR count). The van der Waals surface area contributed by atoms with E-state index >= 15 is 0 Å². The fourth-order valence-corrected chi connectivity index (χ4v) is 3.76. The van der Waals surface area contributed by atoms with Gasteiger partial charge in [0, 0.05) is 17.8 Å². The summed E-state index contributed by atoms with van der Waals surface area (Å²) in [5.74, 6) is -0.0731. The predicted molar refractivity (Wildman–Crippen MR) is 99.9 cm³/mol. The van der Waals surface area contributed by atoms with Crippen molar-refractivity contribution in [2.45, 2.75) is 57.3 Å². The van der Waals surface area contributed by atoms with Crippen LogP contribution in [0.3, 0.4) is 0 Å². The molecule has 2 amide bonds. The van der Waals surface area contributed by atoms with E-state index in [0.29, 0.717) is 29.6 Å². The molecule has 138 valence electrons. The van der Waals surface area contributed by atoms with E-state index in [1.807, 2.05) is 0 Å². The van der Waals surface area contributed by atoms with Gasteiger partial charge < -0.3 is 11.1 Å². The van der Waals surface area contributed by atoms with Crippen LogP contribution in [0.2, 0.25) is 0 Å². The van der Waals surface area contributed by atoms with Gasteiger partial charge in [0.25, 0.3) is 5.91 Å². The summed E-state index contributed by atoms with van der Waals surface area (Å²) in [4.78, 5) is 28.8. The summed E-state index contributed by atoms with van der Waals surface area (Å²) >= 11 is 6.40. The fraction of sp³-hybridized carbons (Fsp3) is 0.625. The number of thiazole rings is 1. The van der Waals surface area contributed by atoms with Gasteiger partial charge in [-0.1, -0.05) is 31.5 Å². The monoisotopic (exact) mass is 384 g/mol. The Balaban J connectivity index is 1.67. The lowest BCUT2D eigenvalue weighted by Crippen LogP contribution is -2.26. The number of carbonyl (C=O) groups is 2. The average molecular weight is 385 g/mol. The first-order chi connectivity index (χ1) is 12.0. The average Bonchev–Trinajstić information content (AvgIpc) is 3.34. The molecule has 1 aromatic rings. The lowest BCUT2D eigenvalue weighted by atomic mass is 10.1. The molecule has 25 heavy (non-hydrogen) atoms. The molecule has 1 aromatic heterocycles. The van der Waals surface area contributed by atoms with Crippen molar-refractivity contribution in [3.05, 3.63) is 15.6 Å². The Hall–Kier alpha value is -1.58. The van der Waals surface area contributed by atoms with E-state index in [4.69, 9.17) is 23.2 Å². The molecule has 0 unspecified atom stereocenters. The molecule has 0 saturated heterocycles. The molecule has 1 saturated carbocycles. The lowest BCUT2D eigenvalue weighted by Gasteiger charge is -2.05. The van der Waals surface area contributed by atoms with Gasteiger partial charge in [-0.3, -0.25) is 14.8 Å². The van der Waals surface area contributed by atoms with Crippen LogP contribution >= 0.6 is 23.6 Å². The first-order valence-electron chi connectivity index (χ1n) is 8.54. The van der Waals surface area contributed by atoms with Crippen molar-refractivity contribution in [3.63, 3.8) is 0 Å². The van der Waals surface area contributed by atoms with Crippen LogP contribution in [0.5, 0.6) is 0 Å². The number of hydroxylamine groups is 1. The van der Waals surface area contributed by atoms with Crippen LogP contribution in [0.25, 0.3) is 0 Å². The number of thiocarbonyl (C=S) groups is 1. The highest BCUT2D eigenvalue weighted by Crippen LogP contribution is 2.44. The van der Waals surface area contributed by atoms with Gasteiger partial charge in [0.2, 0.25) is 5.91 Å². The Morgan fingerprint density at radius 2 is 1.92 bits per heavy atom. The zero-order valence-electron chi connectivity index (χ0n) is 14.0. The van der Waals surface area contributed by atoms with Crippen molar-refractivity contribution >= 4 is 40.4 Å². The number of carbonyl (C=O) groups excluding carboxylic acids is 2. The normalized spacial score (nSPS) is 13.5. The molecule has 1 heterocycles. The van der Waals surface area contributed by atoms with Crippen LogP contribution in [-0.2, 0) is 4.79 Å². The zero-order chi connectivity index (χ0) is 18.2. The zero-order valence-corrected chi connectivity index (χ0v) is 15.7. The highest BCUT2D eigenvalue weighted by molar-refractivity contribution is 7.81. The third kappa shape index (κ3) is 6.33. The van der Waals surface area contributed by atoms with Crippen LogP contribution < -0.4 is 16.5 Å². The molecule has 7 nitrogen and oxygen atoms in total. The molecular weight excluding hydrogens is 360 g/mol. The Morgan fingerprint density at radius 1 is 1.24 bits per heavy atom. The Morgan fingerprint density at radius 3 is 2.56 bits per heavy atom. The number of unbranched alkanes of at least 4 members (excludes halogenated alkanes) is 4. The number of nitrogens with zero attached hydrogens (tertiary/aromatic N) is 1. The summed E-state index contributed by atoms with van der Waals surface area (Å²) in [6, 6.07) is 0. The van der Waals surface area contributed by atoms with Crippen LogP contribution in [0.15, 0.2) is 0 Å². The molecule has 9 heteroatoms. The van der Waals surface area contributed by atoms with Crippen molar-refractivity contribution < 1.29 is 14.8 Å². The number of hydrogen-bond donors (Lipinski definition) is 4. The molecular formula is C16H24N4O3S2. The van der Waals surface area contributed by atoms with Crippen LogP contribution in [-0.4, -0.2) is 33.5 Å². The molecule has 1 aliphatic carbocycles. The van der Waals surface area contributed by atoms with E-state index in [1.165, 1.54) is 11.3 Å². The van der Waals surface area contributed by atoms with E-state index < -0.39 is 0 Å². The van der Waals surface area contributed by atoms with Gasteiger partial charge >= 0.3 is 0 Å². The standard InChI is InChI=1S/C16H24N4O3S2/c17-14(24)16-19-12(13(25-16)10-7-8-10)15(22)18-9-5-3-1-2-4-6-11(21)20-23/h10,23H,1-9H2,(H2,17,24)(H,18,22)(H,20,21). The summed E-state index contributed by atoms with van der Waals surface area (Å²) in [5.41, 5.74) is 7.73. The topological polar surface area (TPSA) is 117 Å². The van der Waals surface area contributed by atoms with E-state index in [0.717, 1.165) is 49.8 Å². The maximum absolute atomic E-state index is 12.4. The largest absolute Gasteiger partial charge is 0.387 e. The molecule has 0 radical (unpaired) electrons. The highest BCUT2D eigenvalue weighted by atomic mass is 32.1. The van der Waals surface area contributed by atoms with E-state index in [9.17, 15) is 9.59 Å². The van der Waals surface area contributed by atoms with Crippen molar-refractivity contribution in [2.24, 2.45) is 5.73 Å². The molecule has 0 atom stereocenters. The third-order valence-corrected chi connectivity index (χ3v) is 5.59. The maximum atomic E-state index is 12.4. The summed E-state index contributed by atoms with van der Waals surface area (Å²) < 4.78 is 0. The number of rotatable bonds is 11. The van der Waals surface area contributed by atoms with Crippen molar-refractivity contribution in [1.82, 2.24) is 15.8 Å². The molecule has 0 aromatic carbocycles. The molecule has 1 fully saturated rings. The van der Waals surface area contributed by atoms with Gasteiger partial charge in [0.1, 0.15) is 10.7 Å². The molecule has 0 spiro atoms. The van der Waals surface area contributed by atoms with Crippen LogP contribution in [0, 0.1) is 0 Å². The number of amides is 2. The van der Waals surface area contributed by atoms with Crippen LogP contribution in [0.1, 0.15) is 77.7 Å². The Bertz CT molecular complexity index is 629. The number of hydrogen-bond acceptors (Lipinski definition) is 6. The minimum absolute atomic E-state index is 0.153. The van der Waals surface area contributed by atoms with E-state index in [-0.39, 0.29) is 16.8 Å². The van der Waals surface area contributed by atoms with Crippen LogP contribution in [0.4, 0.5) is 0 Å². The Kier molecular flexibility index (Phi) is 7.73. The summed E-state index contributed by atoms with van der Waals surface area (Å²) in [6.07, 6.45) is 7.05. The van der Waals surface area contributed by atoms with Gasteiger partial charge in [0.05, 0.1) is 0 Å². The molecule has 0 aliphatic heterocycles. The Labute approximate surface area is 156 Å². The number of nitrogens with one attached hydrogen (secondary N) is 2. The second-order valence-corrected chi connectivity index (χ2v) is 7.65. The second-order valence-electron chi connectivity index (χ2n) is 6.18. The predicted octanol–water partition coefficient (Wildman–Crippen LogP) is 2.23. The first-order valence-corrected chi connectivity index (χ1v) is 9.77. The molecule has 0 bridgehead atoms.